The Hall–Kier alpha value is -2.21. The second-order valence-corrected chi connectivity index (χ2v) is 7.03. The summed E-state index contributed by atoms with van der Waals surface area (Å²) in [6, 6.07) is 12.2. The minimum atomic E-state index is -3.70. The van der Waals surface area contributed by atoms with E-state index in [4.69, 9.17) is 9.47 Å². The zero-order valence-electron chi connectivity index (χ0n) is 14.4. The molecular formula is C18H23NO4S. The summed E-state index contributed by atoms with van der Waals surface area (Å²) in [6.45, 7) is 4.17. The highest BCUT2D eigenvalue weighted by Crippen LogP contribution is 2.33. The number of sulfonamides is 1. The molecule has 0 atom stereocenters. The van der Waals surface area contributed by atoms with Crippen molar-refractivity contribution in [3.8, 4) is 11.5 Å². The number of methoxy groups -OCH3 is 2. The molecule has 0 aliphatic rings. The molecule has 0 N–H and O–H groups in total. The van der Waals surface area contributed by atoms with Crippen molar-refractivity contribution in [2.45, 2.75) is 25.2 Å². The van der Waals surface area contributed by atoms with Gasteiger partial charge in [-0.15, -0.1) is 0 Å². The van der Waals surface area contributed by atoms with Gasteiger partial charge in [0.25, 0.3) is 10.0 Å². The third-order valence-corrected chi connectivity index (χ3v) is 5.76. The zero-order valence-corrected chi connectivity index (χ0v) is 15.3. The van der Waals surface area contributed by atoms with Crippen LogP contribution in [-0.2, 0) is 16.4 Å². The van der Waals surface area contributed by atoms with Crippen molar-refractivity contribution < 1.29 is 17.9 Å². The Balaban J connectivity index is 2.55. The highest BCUT2D eigenvalue weighted by molar-refractivity contribution is 7.92. The van der Waals surface area contributed by atoms with Crippen molar-refractivity contribution in [1.82, 2.24) is 0 Å². The molecule has 2 aromatic carbocycles. The molecule has 0 saturated heterocycles. The maximum Gasteiger partial charge on any atom is 0.264 e. The Bertz CT molecular complexity index is 802. The van der Waals surface area contributed by atoms with E-state index >= 15 is 0 Å². The summed E-state index contributed by atoms with van der Waals surface area (Å²) in [6.07, 6.45) is 0.758. The second kappa shape index (κ2) is 7.57. The fourth-order valence-electron chi connectivity index (χ4n) is 2.63. The van der Waals surface area contributed by atoms with Crippen molar-refractivity contribution in [3.05, 3.63) is 48.0 Å². The number of hydrogen-bond acceptors (Lipinski definition) is 4. The van der Waals surface area contributed by atoms with Crippen LogP contribution in [0.5, 0.6) is 11.5 Å². The molecule has 0 bridgehead atoms. The van der Waals surface area contributed by atoms with Crippen molar-refractivity contribution in [2.24, 2.45) is 0 Å². The summed E-state index contributed by atoms with van der Waals surface area (Å²) in [5.41, 5.74) is 1.70. The molecule has 0 heterocycles. The van der Waals surface area contributed by atoms with E-state index in [2.05, 4.69) is 0 Å². The van der Waals surface area contributed by atoms with Gasteiger partial charge in [-0.25, -0.2) is 8.42 Å². The maximum absolute atomic E-state index is 13.1. The summed E-state index contributed by atoms with van der Waals surface area (Å²) < 4.78 is 38.1. The summed E-state index contributed by atoms with van der Waals surface area (Å²) in [5.74, 6) is 0.881. The number of rotatable bonds is 7. The molecule has 24 heavy (non-hydrogen) atoms. The lowest BCUT2D eigenvalue weighted by molar-refractivity contribution is 0.354. The first-order valence-electron chi connectivity index (χ1n) is 7.82. The van der Waals surface area contributed by atoms with E-state index in [1.807, 2.05) is 38.1 Å². The van der Waals surface area contributed by atoms with Crippen LogP contribution in [0.1, 0.15) is 19.4 Å². The normalized spacial score (nSPS) is 11.2. The molecule has 5 nitrogen and oxygen atoms in total. The SMILES string of the molecule is CCc1ccccc1N(CC)S(=O)(=O)c1ccc(OC)c(OC)c1. The Kier molecular flexibility index (Phi) is 5.72. The minimum absolute atomic E-state index is 0.174. The van der Waals surface area contributed by atoms with Gasteiger partial charge in [-0.3, -0.25) is 4.31 Å². The first-order chi connectivity index (χ1) is 11.5. The van der Waals surface area contributed by atoms with Crippen LogP contribution in [-0.4, -0.2) is 29.2 Å². The van der Waals surface area contributed by atoms with Gasteiger partial charge in [0, 0.05) is 12.6 Å². The van der Waals surface area contributed by atoms with E-state index in [0.717, 1.165) is 12.0 Å². The van der Waals surface area contributed by atoms with Crippen LogP contribution in [0.3, 0.4) is 0 Å². The number of aryl methyl sites for hydroxylation is 1. The van der Waals surface area contributed by atoms with Crippen LogP contribution in [0.4, 0.5) is 5.69 Å². The highest BCUT2D eigenvalue weighted by Gasteiger charge is 2.26. The molecule has 2 aromatic rings. The average Bonchev–Trinajstić information content (AvgIpc) is 2.61. The third-order valence-electron chi connectivity index (χ3n) is 3.87. The van der Waals surface area contributed by atoms with Gasteiger partial charge in [0.15, 0.2) is 11.5 Å². The van der Waals surface area contributed by atoms with Crippen LogP contribution in [0.15, 0.2) is 47.4 Å². The largest absolute Gasteiger partial charge is 0.493 e. The van der Waals surface area contributed by atoms with Gasteiger partial charge in [0.1, 0.15) is 0 Å². The minimum Gasteiger partial charge on any atom is -0.493 e. The lowest BCUT2D eigenvalue weighted by Gasteiger charge is -2.25. The van der Waals surface area contributed by atoms with Crippen molar-refractivity contribution in [3.63, 3.8) is 0 Å². The Morgan fingerprint density at radius 1 is 0.958 bits per heavy atom. The fraction of sp³-hybridized carbons (Fsp3) is 0.333. The maximum atomic E-state index is 13.1. The molecule has 0 amide bonds. The van der Waals surface area contributed by atoms with E-state index in [1.165, 1.54) is 30.7 Å². The number of anilines is 1. The Morgan fingerprint density at radius 2 is 1.62 bits per heavy atom. The number of benzene rings is 2. The van der Waals surface area contributed by atoms with Crippen LogP contribution in [0.25, 0.3) is 0 Å². The Morgan fingerprint density at radius 3 is 2.21 bits per heavy atom. The summed E-state index contributed by atoms with van der Waals surface area (Å²) >= 11 is 0. The van der Waals surface area contributed by atoms with Gasteiger partial charge in [0.2, 0.25) is 0 Å². The molecular weight excluding hydrogens is 326 g/mol. The van der Waals surface area contributed by atoms with E-state index < -0.39 is 10.0 Å². The molecule has 2 rings (SSSR count). The lowest BCUT2D eigenvalue weighted by Crippen LogP contribution is -2.31. The molecule has 0 saturated carbocycles. The number of hydrogen-bond donors (Lipinski definition) is 0. The monoisotopic (exact) mass is 349 g/mol. The van der Waals surface area contributed by atoms with Crippen molar-refractivity contribution in [2.75, 3.05) is 25.1 Å². The number of nitrogens with zero attached hydrogens (tertiary/aromatic N) is 1. The van der Waals surface area contributed by atoms with Crippen LogP contribution in [0.2, 0.25) is 0 Å². The number of ether oxygens (including phenoxy) is 2. The van der Waals surface area contributed by atoms with Crippen LogP contribution in [0, 0.1) is 0 Å². The molecule has 0 fully saturated rings. The molecule has 0 aliphatic carbocycles. The smallest absolute Gasteiger partial charge is 0.264 e. The first kappa shape index (κ1) is 18.1. The summed E-state index contributed by atoms with van der Waals surface area (Å²) in [5, 5.41) is 0. The van der Waals surface area contributed by atoms with Gasteiger partial charge >= 0.3 is 0 Å². The predicted octanol–water partition coefficient (Wildman–Crippen LogP) is 3.48. The average molecular weight is 349 g/mol. The topological polar surface area (TPSA) is 55.8 Å². The molecule has 6 heteroatoms. The molecule has 0 unspecified atom stereocenters. The third kappa shape index (κ3) is 3.33. The van der Waals surface area contributed by atoms with Gasteiger partial charge in [0.05, 0.1) is 24.8 Å². The van der Waals surface area contributed by atoms with Crippen molar-refractivity contribution in [1.29, 1.82) is 0 Å². The van der Waals surface area contributed by atoms with Crippen LogP contribution < -0.4 is 13.8 Å². The van der Waals surface area contributed by atoms with Crippen molar-refractivity contribution >= 4 is 15.7 Å². The van der Waals surface area contributed by atoms with E-state index in [1.54, 1.807) is 6.07 Å². The second-order valence-electron chi connectivity index (χ2n) is 5.17. The summed E-state index contributed by atoms with van der Waals surface area (Å²) in [4.78, 5) is 0.174. The van der Waals surface area contributed by atoms with Gasteiger partial charge in [-0.2, -0.15) is 0 Å². The first-order valence-corrected chi connectivity index (χ1v) is 9.26. The zero-order chi connectivity index (χ0) is 17.7. The molecule has 0 aromatic heterocycles. The fourth-order valence-corrected chi connectivity index (χ4v) is 4.15. The highest BCUT2D eigenvalue weighted by atomic mass is 32.2. The standard InChI is InChI=1S/C18H23NO4S/c1-5-14-9-7-8-10-16(14)19(6-2)24(20,21)15-11-12-17(22-3)18(13-15)23-4/h7-13H,5-6H2,1-4H3. The molecule has 130 valence electrons. The van der Waals surface area contributed by atoms with Crippen LogP contribution >= 0.6 is 0 Å². The summed E-state index contributed by atoms with van der Waals surface area (Å²) in [7, 11) is -0.696. The quantitative estimate of drug-likeness (QED) is 0.768. The Labute approximate surface area is 143 Å². The van der Waals surface area contributed by atoms with E-state index in [9.17, 15) is 8.42 Å². The predicted molar refractivity (Wildman–Crippen MR) is 95.6 cm³/mol. The van der Waals surface area contributed by atoms with E-state index in [0.29, 0.717) is 23.7 Å². The van der Waals surface area contributed by atoms with Gasteiger partial charge < -0.3 is 9.47 Å². The molecule has 0 spiro atoms. The lowest BCUT2D eigenvalue weighted by atomic mass is 10.1. The van der Waals surface area contributed by atoms with E-state index in [-0.39, 0.29) is 4.90 Å². The number of para-hydroxylation sites is 1. The van der Waals surface area contributed by atoms with Gasteiger partial charge in [-0.05, 0) is 37.1 Å². The molecule has 0 aliphatic heterocycles. The molecule has 0 radical (unpaired) electrons. The van der Waals surface area contributed by atoms with Gasteiger partial charge in [-0.1, -0.05) is 25.1 Å².